The monoisotopic (exact) mass is 297 g/mol. The normalized spacial score (nSPS) is 26.1. The van der Waals surface area contributed by atoms with Crippen LogP contribution in [0, 0.1) is 0 Å². The molecule has 2 saturated heterocycles. The molecule has 5 heteroatoms. The SMILES string of the molecule is C[C@@H]1CCCCN1C(=O)CN1CCN(CC(C)(C)O)CC1. The van der Waals surface area contributed by atoms with Gasteiger partial charge in [-0.1, -0.05) is 0 Å². The second kappa shape index (κ2) is 7.07. The van der Waals surface area contributed by atoms with Gasteiger partial charge in [0.05, 0.1) is 12.1 Å². The second-order valence-electron chi connectivity index (χ2n) is 7.30. The minimum atomic E-state index is -0.638. The molecule has 0 unspecified atom stereocenters. The lowest BCUT2D eigenvalue weighted by Crippen LogP contribution is -2.53. The molecule has 0 bridgehead atoms. The van der Waals surface area contributed by atoms with Gasteiger partial charge in [0.2, 0.25) is 5.91 Å². The Morgan fingerprint density at radius 1 is 1.10 bits per heavy atom. The number of hydrogen-bond donors (Lipinski definition) is 1. The van der Waals surface area contributed by atoms with Crippen LogP contribution in [-0.4, -0.2) is 83.2 Å². The summed E-state index contributed by atoms with van der Waals surface area (Å²) in [5, 5.41) is 9.86. The van der Waals surface area contributed by atoms with Crippen molar-refractivity contribution in [2.45, 2.75) is 51.7 Å². The van der Waals surface area contributed by atoms with Gasteiger partial charge >= 0.3 is 0 Å². The van der Waals surface area contributed by atoms with Crippen molar-refractivity contribution in [1.29, 1.82) is 0 Å². The average molecular weight is 297 g/mol. The lowest BCUT2D eigenvalue weighted by molar-refractivity contribution is -0.136. The molecule has 2 aliphatic heterocycles. The molecule has 2 rings (SSSR count). The molecule has 0 aromatic heterocycles. The summed E-state index contributed by atoms with van der Waals surface area (Å²) in [5.41, 5.74) is -0.638. The van der Waals surface area contributed by atoms with Crippen molar-refractivity contribution in [3.63, 3.8) is 0 Å². The minimum absolute atomic E-state index is 0.290. The fourth-order valence-corrected chi connectivity index (χ4v) is 3.40. The van der Waals surface area contributed by atoms with Crippen molar-refractivity contribution >= 4 is 5.91 Å². The number of aliphatic hydroxyl groups is 1. The Kier molecular flexibility index (Phi) is 5.63. The summed E-state index contributed by atoms with van der Waals surface area (Å²) in [6.45, 7) is 11.8. The van der Waals surface area contributed by atoms with Crippen LogP contribution in [0.5, 0.6) is 0 Å². The van der Waals surface area contributed by atoms with Gasteiger partial charge in [0.1, 0.15) is 0 Å². The Balaban J connectivity index is 1.74. The van der Waals surface area contributed by atoms with Crippen molar-refractivity contribution in [2.24, 2.45) is 0 Å². The van der Waals surface area contributed by atoms with E-state index in [1.807, 2.05) is 13.8 Å². The van der Waals surface area contributed by atoms with E-state index in [4.69, 9.17) is 0 Å². The molecule has 0 aromatic carbocycles. The van der Waals surface area contributed by atoms with Crippen LogP contribution in [0.25, 0.3) is 0 Å². The van der Waals surface area contributed by atoms with E-state index in [1.165, 1.54) is 6.42 Å². The van der Waals surface area contributed by atoms with Crippen LogP contribution in [0.2, 0.25) is 0 Å². The molecule has 0 aromatic rings. The number of carbonyl (C=O) groups is 1. The van der Waals surface area contributed by atoms with Gasteiger partial charge in [-0.15, -0.1) is 0 Å². The van der Waals surface area contributed by atoms with Crippen molar-refractivity contribution < 1.29 is 9.90 Å². The predicted molar refractivity (Wildman–Crippen MR) is 84.2 cm³/mol. The summed E-state index contributed by atoms with van der Waals surface area (Å²) in [6, 6.07) is 0.405. The number of piperidine rings is 1. The zero-order chi connectivity index (χ0) is 15.5. The van der Waals surface area contributed by atoms with Gasteiger partial charge in [0.15, 0.2) is 0 Å². The van der Waals surface area contributed by atoms with Crippen molar-refractivity contribution in [3.05, 3.63) is 0 Å². The third-order valence-corrected chi connectivity index (χ3v) is 4.56. The first-order valence-corrected chi connectivity index (χ1v) is 8.32. The predicted octanol–water partition coefficient (Wildman–Crippen LogP) is 0.776. The van der Waals surface area contributed by atoms with E-state index in [2.05, 4.69) is 21.6 Å². The largest absolute Gasteiger partial charge is 0.389 e. The maximum atomic E-state index is 12.4. The number of β-amino-alcohol motifs (C(OH)–C–C–N with tert-alkyl or cyclic N) is 1. The average Bonchev–Trinajstić information content (AvgIpc) is 2.40. The van der Waals surface area contributed by atoms with Gasteiger partial charge < -0.3 is 10.0 Å². The maximum Gasteiger partial charge on any atom is 0.236 e. The third kappa shape index (κ3) is 5.24. The van der Waals surface area contributed by atoms with Crippen molar-refractivity contribution in [1.82, 2.24) is 14.7 Å². The number of nitrogens with zero attached hydrogens (tertiary/aromatic N) is 3. The Morgan fingerprint density at radius 3 is 2.29 bits per heavy atom. The zero-order valence-electron chi connectivity index (χ0n) is 13.8. The Bertz CT molecular complexity index is 346. The molecule has 1 N–H and O–H groups in total. The zero-order valence-corrected chi connectivity index (χ0v) is 13.8. The van der Waals surface area contributed by atoms with Crippen LogP contribution >= 0.6 is 0 Å². The fourth-order valence-electron chi connectivity index (χ4n) is 3.40. The number of amides is 1. The summed E-state index contributed by atoms with van der Waals surface area (Å²) in [7, 11) is 0. The first kappa shape index (κ1) is 16.7. The number of likely N-dealkylation sites (tertiary alicyclic amines) is 1. The van der Waals surface area contributed by atoms with Crippen LogP contribution < -0.4 is 0 Å². The standard InChI is InChI=1S/C16H31N3O2/c1-14-6-4-5-7-19(14)15(20)12-17-8-10-18(11-9-17)13-16(2,3)21/h14,21H,4-13H2,1-3H3/t14-/m1/s1. The fraction of sp³-hybridized carbons (Fsp3) is 0.938. The summed E-state index contributed by atoms with van der Waals surface area (Å²) < 4.78 is 0. The van der Waals surface area contributed by atoms with Gasteiger partial charge in [0, 0.05) is 45.3 Å². The highest BCUT2D eigenvalue weighted by Crippen LogP contribution is 2.17. The molecule has 2 fully saturated rings. The number of rotatable bonds is 4. The molecule has 1 amide bonds. The molecular formula is C16H31N3O2. The smallest absolute Gasteiger partial charge is 0.236 e. The lowest BCUT2D eigenvalue weighted by Gasteiger charge is -2.39. The molecule has 2 heterocycles. The van der Waals surface area contributed by atoms with E-state index in [-0.39, 0.29) is 5.91 Å². The number of hydrogen-bond acceptors (Lipinski definition) is 4. The van der Waals surface area contributed by atoms with Crippen LogP contribution in [0.3, 0.4) is 0 Å². The van der Waals surface area contributed by atoms with Gasteiger partial charge in [-0.25, -0.2) is 0 Å². The maximum absolute atomic E-state index is 12.4. The second-order valence-corrected chi connectivity index (χ2v) is 7.30. The van der Waals surface area contributed by atoms with E-state index in [0.717, 1.165) is 45.6 Å². The quantitative estimate of drug-likeness (QED) is 0.833. The van der Waals surface area contributed by atoms with E-state index in [0.29, 0.717) is 19.1 Å². The van der Waals surface area contributed by atoms with E-state index < -0.39 is 5.60 Å². The van der Waals surface area contributed by atoms with Crippen LogP contribution in [0.15, 0.2) is 0 Å². The first-order valence-electron chi connectivity index (χ1n) is 8.32. The molecule has 0 saturated carbocycles. The van der Waals surface area contributed by atoms with Gasteiger partial charge in [-0.2, -0.15) is 0 Å². The van der Waals surface area contributed by atoms with Gasteiger partial charge in [-0.05, 0) is 40.0 Å². The Labute approximate surface area is 128 Å². The van der Waals surface area contributed by atoms with E-state index in [9.17, 15) is 9.90 Å². The molecule has 21 heavy (non-hydrogen) atoms. The van der Waals surface area contributed by atoms with E-state index >= 15 is 0 Å². The van der Waals surface area contributed by atoms with Crippen molar-refractivity contribution in [2.75, 3.05) is 45.8 Å². The van der Waals surface area contributed by atoms with Crippen LogP contribution in [0.4, 0.5) is 0 Å². The Morgan fingerprint density at radius 2 is 1.71 bits per heavy atom. The highest BCUT2D eigenvalue weighted by atomic mass is 16.3. The molecule has 122 valence electrons. The summed E-state index contributed by atoms with van der Waals surface area (Å²) in [5.74, 6) is 0.290. The molecule has 1 atom stereocenters. The molecular weight excluding hydrogens is 266 g/mol. The molecule has 0 spiro atoms. The summed E-state index contributed by atoms with van der Waals surface area (Å²) in [4.78, 5) is 19.0. The highest BCUT2D eigenvalue weighted by molar-refractivity contribution is 5.78. The lowest BCUT2D eigenvalue weighted by atomic mass is 10.0. The number of piperazine rings is 1. The van der Waals surface area contributed by atoms with Crippen LogP contribution in [-0.2, 0) is 4.79 Å². The highest BCUT2D eigenvalue weighted by Gasteiger charge is 2.27. The van der Waals surface area contributed by atoms with Gasteiger partial charge in [-0.3, -0.25) is 14.6 Å². The first-order chi connectivity index (χ1) is 9.85. The topological polar surface area (TPSA) is 47.0 Å². The van der Waals surface area contributed by atoms with Gasteiger partial charge in [0.25, 0.3) is 0 Å². The Hall–Kier alpha value is -0.650. The molecule has 0 radical (unpaired) electrons. The summed E-state index contributed by atoms with van der Waals surface area (Å²) >= 11 is 0. The number of carbonyl (C=O) groups excluding carboxylic acids is 1. The van der Waals surface area contributed by atoms with Crippen LogP contribution in [0.1, 0.15) is 40.0 Å². The molecule has 5 nitrogen and oxygen atoms in total. The minimum Gasteiger partial charge on any atom is -0.389 e. The molecule has 2 aliphatic rings. The third-order valence-electron chi connectivity index (χ3n) is 4.56. The molecule has 0 aliphatic carbocycles. The van der Waals surface area contributed by atoms with Crippen molar-refractivity contribution in [3.8, 4) is 0 Å². The van der Waals surface area contributed by atoms with E-state index in [1.54, 1.807) is 0 Å². The summed E-state index contributed by atoms with van der Waals surface area (Å²) in [6.07, 6.45) is 3.54.